The predicted molar refractivity (Wildman–Crippen MR) is 127 cm³/mol. The van der Waals surface area contributed by atoms with E-state index in [2.05, 4.69) is 22.6 Å². The molecule has 1 fully saturated rings. The minimum Gasteiger partial charge on any atom is -0.493 e. The first-order valence-corrected chi connectivity index (χ1v) is 11.1. The van der Waals surface area contributed by atoms with E-state index in [0.29, 0.717) is 38.9 Å². The average Bonchev–Trinajstić information content (AvgIpc) is 2.94. The average molecular weight is 546 g/mol. The molecule has 0 aliphatic carbocycles. The monoisotopic (exact) mass is 545 g/mol. The first-order chi connectivity index (χ1) is 13.4. The Labute approximate surface area is 192 Å². The Bertz CT molecular complexity index is 964. The van der Waals surface area contributed by atoms with Crippen LogP contribution in [0.4, 0.5) is 0 Å². The molecule has 2 aromatic carbocycles. The second kappa shape index (κ2) is 9.47. The van der Waals surface area contributed by atoms with Gasteiger partial charge in [-0.3, -0.25) is 9.69 Å². The highest BCUT2D eigenvalue weighted by Gasteiger charge is 2.30. The van der Waals surface area contributed by atoms with Crippen LogP contribution in [-0.4, -0.2) is 28.8 Å². The molecule has 0 spiro atoms. The first kappa shape index (κ1) is 21.4. The third kappa shape index (κ3) is 4.64. The van der Waals surface area contributed by atoms with Crippen LogP contribution in [0.1, 0.15) is 18.1 Å². The number of rotatable bonds is 6. The van der Waals surface area contributed by atoms with E-state index in [4.69, 9.17) is 33.3 Å². The Hall–Kier alpha value is -1.29. The number of halogens is 2. The Morgan fingerprint density at radius 1 is 1.32 bits per heavy atom. The van der Waals surface area contributed by atoms with E-state index in [9.17, 15) is 4.79 Å². The zero-order chi connectivity index (χ0) is 20.3. The number of likely N-dealkylation sites (N-methyl/N-ethyl adjacent to an activating group) is 1. The molecular formula is C20H17ClINO3S2. The van der Waals surface area contributed by atoms with E-state index >= 15 is 0 Å². The lowest BCUT2D eigenvalue weighted by Gasteiger charge is -2.14. The normalized spacial score (nSPS) is 15.4. The van der Waals surface area contributed by atoms with Gasteiger partial charge in [0.1, 0.15) is 10.9 Å². The second-order valence-electron chi connectivity index (χ2n) is 5.84. The van der Waals surface area contributed by atoms with E-state index in [0.717, 1.165) is 14.7 Å². The number of thiocarbonyl (C=S) groups is 1. The van der Waals surface area contributed by atoms with Crippen LogP contribution < -0.4 is 9.47 Å². The molecule has 1 aliphatic rings. The first-order valence-electron chi connectivity index (χ1n) is 8.43. The maximum Gasteiger partial charge on any atom is 0.266 e. The van der Waals surface area contributed by atoms with Gasteiger partial charge in [-0.25, -0.2) is 0 Å². The summed E-state index contributed by atoms with van der Waals surface area (Å²) >= 11 is 15.0. The van der Waals surface area contributed by atoms with Gasteiger partial charge in [0.2, 0.25) is 0 Å². The Kier molecular flexibility index (Phi) is 7.25. The summed E-state index contributed by atoms with van der Waals surface area (Å²) in [5, 5.41) is 0.658. The number of amides is 1. The van der Waals surface area contributed by atoms with Crippen molar-refractivity contribution in [1.82, 2.24) is 4.90 Å². The summed E-state index contributed by atoms with van der Waals surface area (Å²) in [7, 11) is 1.59. The van der Waals surface area contributed by atoms with Crippen molar-refractivity contribution in [3.8, 4) is 11.5 Å². The summed E-state index contributed by atoms with van der Waals surface area (Å²) in [6.07, 6.45) is 1.83. The van der Waals surface area contributed by atoms with Crippen molar-refractivity contribution in [3.63, 3.8) is 0 Å². The Balaban J connectivity index is 1.86. The number of nitrogens with zero attached hydrogens (tertiary/aromatic N) is 1. The number of ether oxygens (including phenoxy) is 2. The molecule has 146 valence electrons. The SMILES string of the molecule is CCN1C(=O)/C(=C/c2cc(I)c(OCc3ccccc3Cl)c(OC)c2)SC1=S. The zero-order valence-electron chi connectivity index (χ0n) is 15.2. The van der Waals surface area contributed by atoms with Crippen molar-refractivity contribution in [1.29, 1.82) is 0 Å². The molecule has 8 heteroatoms. The van der Waals surface area contributed by atoms with E-state index < -0.39 is 0 Å². The molecule has 1 amide bonds. The molecule has 0 unspecified atom stereocenters. The van der Waals surface area contributed by atoms with Gasteiger partial charge >= 0.3 is 0 Å². The number of hydrogen-bond acceptors (Lipinski definition) is 5. The standard InChI is InChI=1S/C20H17ClINO3S2/c1-3-23-19(24)17(28-20(23)27)10-12-8-15(22)18(16(9-12)25-2)26-11-13-6-4-5-7-14(13)21/h4-10H,3,11H2,1-2H3/b17-10-. The fourth-order valence-corrected chi connectivity index (χ4v) is 5.01. The summed E-state index contributed by atoms with van der Waals surface area (Å²) in [6, 6.07) is 11.4. The molecule has 0 N–H and O–H groups in total. The third-order valence-electron chi connectivity index (χ3n) is 4.07. The number of methoxy groups -OCH3 is 1. The van der Waals surface area contributed by atoms with Gasteiger partial charge in [-0.2, -0.15) is 0 Å². The van der Waals surface area contributed by atoms with Gasteiger partial charge in [0, 0.05) is 17.1 Å². The molecular weight excluding hydrogens is 529 g/mol. The van der Waals surface area contributed by atoms with Gasteiger partial charge in [-0.05, 0) is 59.4 Å². The fraction of sp³-hybridized carbons (Fsp3) is 0.200. The van der Waals surface area contributed by atoms with Gasteiger partial charge in [-0.15, -0.1) is 0 Å². The zero-order valence-corrected chi connectivity index (χ0v) is 19.7. The number of benzene rings is 2. The second-order valence-corrected chi connectivity index (χ2v) is 9.09. The minimum absolute atomic E-state index is 0.0643. The number of carbonyl (C=O) groups is 1. The largest absolute Gasteiger partial charge is 0.493 e. The van der Waals surface area contributed by atoms with Gasteiger partial charge in [0.15, 0.2) is 11.5 Å². The molecule has 0 saturated carbocycles. The molecule has 2 aromatic rings. The molecule has 1 heterocycles. The predicted octanol–water partition coefficient (Wildman–Crippen LogP) is 5.75. The highest BCUT2D eigenvalue weighted by atomic mass is 127. The molecule has 28 heavy (non-hydrogen) atoms. The van der Waals surface area contributed by atoms with Crippen LogP contribution in [-0.2, 0) is 11.4 Å². The molecule has 0 aromatic heterocycles. The van der Waals surface area contributed by atoms with Gasteiger partial charge < -0.3 is 9.47 Å². The van der Waals surface area contributed by atoms with E-state index in [-0.39, 0.29) is 5.91 Å². The van der Waals surface area contributed by atoms with Crippen LogP contribution in [0.5, 0.6) is 11.5 Å². The molecule has 1 saturated heterocycles. The van der Waals surface area contributed by atoms with Crippen LogP contribution in [0.2, 0.25) is 5.02 Å². The number of thioether (sulfide) groups is 1. The van der Waals surface area contributed by atoms with Crippen molar-refractivity contribution in [3.05, 3.63) is 61.0 Å². The number of hydrogen-bond donors (Lipinski definition) is 0. The van der Waals surface area contributed by atoms with Crippen molar-refractivity contribution >= 4 is 74.5 Å². The fourth-order valence-electron chi connectivity index (χ4n) is 2.65. The van der Waals surface area contributed by atoms with E-state index in [1.807, 2.05) is 49.4 Å². The van der Waals surface area contributed by atoms with Gasteiger partial charge in [0.05, 0.1) is 15.6 Å². The van der Waals surface area contributed by atoms with Crippen LogP contribution in [0, 0.1) is 3.57 Å². The lowest BCUT2D eigenvalue weighted by atomic mass is 10.1. The van der Waals surface area contributed by atoms with Crippen molar-refractivity contribution in [2.75, 3.05) is 13.7 Å². The van der Waals surface area contributed by atoms with Gasteiger partial charge in [-0.1, -0.05) is 53.8 Å². The van der Waals surface area contributed by atoms with Crippen molar-refractivity contribution in [2.45, 2.75) is 13.5 Å². The Morgan fingerprint density at radius 2 is 2.07 bits per heavy atom. The molecule has 1 aliphatic heterocycles. The molecule has 0 atom stereocenters. The summed E-state index contributed by atoms with van der Waals surface area (Å²) in [5.74, 6) is 1.17. The van der Waals surface area contributed by atoms with Crippen LogP contribution >= 0.6 is 58.2 Å². The van der Waals surface area contributed by atoms with Crippen LogP contribution in [0.25, 0.3) is 6.08 Å². The number of carbonyl (C=O) groups excluding carboxylic acids is 1. The van der Waals surface area contributed by atoms with Crippen molar-refractivity contribution in [2.24, 2.45) is 0 Å². The van der Waals surface area contributed by atoms with E-state index in [1.165, 1.54) is 11.8 Å². The molecule has 4 nitrogen and oxygen atoms in total. The van der Waals surface area contributed by atoms with Crippen LogP contribution in [0.15, 0.2) is 41.3 Å². The highest BCUT2D eigenvalue weighted by molar-refractivity contribution is 14.1. The summed E-state index contributed by atoms with van der Waals surface area (Å²) < 4.78 is 13.0. The highest BCUT2D eigenvalue weighted by Crippen LogP contribution is 2.37. The van der Waals surface area contributed by atoms with Crippen molar-refractivity contribution < 1.29 is 14.3 Å². The lowest BCUT2D eigenvalue weighted by Crippen LogP contribution is -2.27. The van der Waals surface area contributed by atoms with Gasteiger partial charge in [0.25, 0.3) is 5.91 Å². The third-order valence-corrected chi connectivity index (χ3v) is 6.62. The van der Waals surface area contributed by atoms with E-state index in [1.54, 1.807) is 12.0 Å². The summed E-state index contributed by atoms with van der Waals surface area (Å²) in [6.45, 7) is 2.81. The topological polar surface area (TPSA) is 38.8 Å². The summed E-state index contributed by atoms with van der Waals surface area (Å²) in [5.41, 5.74) is 1.75. The molecule has 0 bridgehead atoms. The Morgan fingerprint density at radius 3 is 2.71 bits per heavy atom. The smallest absolute Gasteiger partial charge is 0.266 e. The quantitative estimate of drug-likeness (QED) is 0.262. The minimum atomic E-state index is -0.0643. The van der Waals surface area contributed by atoms with Crippen LogP contribution in [0.3, 0.4) is 0 Å². The lowest BCUT2D eigenvalue weighted by molar-refractivity contribution is -0.121. The maximum absolute atomic E-state index is 12.4. The molecule has 3 rings (SSSR count). The summed E-state index contributed by atoms with van der Waals surface area (Å²) in [4.78, 5) is 14.6. The molecule has 0 radical (unpaired) electrons. The maximum atomic E-state index is 12.4.